The van der Waals surface area contributed by atoms with E-state index in [1.165, 1.54) is 96.3 Å². The Kier molecular flexibility index (Phi) is 18.3. The quantitative estimate of drug-likeness (QED) is 0.259. The highest BCUT2D eigenvalue weighted by Crippen LogP contribution is 2.23. The van der Waals surface area contributed by atoms with Gasteiger partial charge in [-0.3, -0.25) is 0 Å². The summed E-state index contributed by atoms with van der Waals surface area (Å²) in [6, 6.07) is 0. The molecule has 1 radical (unpaired) electrons. The van der Waals surface area contributed by atoms with E-state index in [1.807, 2.05) is 6.92 Å². The van der Waals surface area contributed by atoms with Gasteiger partial charge in [-0.2, -0.15) is 0 Å². The van der Waals surface area contributed by atoms with Crippen molar-refractivity contribution in [3.8, 4) is 0 Å². The lowest BCUT2D eigenvalue weighted by Gasteiger charge is -2.17. The van der Waals surface area contributed by atoms with Crippen molar-refractivity contribution in [1.82, 2.24) is 0 Å². The van der Waals surface area contributed by atoms with Crippen molar-refractivity contribution in [1.29, 1.82) is 0 Å². The van der Waals surface area contributed by atoms with Crippen molar-refractivity contribution in [2.24, 2.45) is 5.92 Å². The molecule has 0 fully saturated rings. The molecule has 0 aliphatic rings. The summed E-state index contributed by atoms with van der Waals surface area (Å²) < 4.78 is 0. The van der Waals surface area contributed by atoms with Crippen molar-refractivity contribution in [2.75, 3.05) is 0 Å². The van der Waals surface area contributed by atoms with Gasteiger partial charge in [-0.15, -0.1) is 0 Å². The normalized spacial score (nSPS) is 14.1. The Hall–Kier alpha value is -0.0400. The second kappa shape index (κ2) is 18.3. The Labute approximate surface area is 147 Å². The minimum Gasteiger partial charge on any atom is -0.393 e. The highest BCUT2D eigenvalue weighted by atomic mass is 16.3. The maximum atomic E-state index is 9.50. The molecule has 1 N–H and O–H groups in total. The van der Waals surface area contributed by atoms with E-state index in [0.717, 1.165) is 12.3 Å². The standard InChI is InChI=1S/C22H45O/c1-4-6-8-10-11-12-14-16-18-22(20-19-21(3)23)17-15-13-9-7-5-2/h19,21-23H,4-18,20H2,1-3H3. The molecule has 139 valence electrons. The predicted molar refractivity (Wildman–Crippen MR) is 105 cm³/mol. The van der Waals surface area contributed by atoms with E-state index in [-0.39, 0.29) is 6.10 Å². The van der Waals surface area contributed by atoms with Crippen LogP contribution in [0.15, 0.2) is 0 Å². The molecule has 1 nitrogen and oxygen atoms in total. The smallest absolute Gasteiger partial charge is 0.0543 e. The van der Waals surface area contributed by atoms with E-state index in [1.54, 1.807) is 0 Å². The topological polar surface area (TPSA) is 20.2 Å². The Bertz CT molecular complexity index is 212. The molecular weight excluding hydrogens is 280 g/mol. The molecule has 2 unspecified atom stereocenters. The summed E-state index contributed by atoms with van der Waals surface area (Å²) in [6.07, 6.45) is 23.9. The molecule has 0 rings (SSSR count). The third-order valence-corrected chi connectivity index (χ3v) is 4.99. The van der Waals surface area contributed by atoms with Crippen LogP contribution in [0.2, 0.25) is 0 Å². The third kappa shape index (κ3) is 18.1. The van der Waals surface area contributed by atoms with Crippen LogP contribution in [0.3, 0.4) is 0 Å². The summed E-state index contributed by atoms with van der Waals surface area (Å²) >= 11 is 0. The van der Waals surface area contributed by atoms with Gasteiger partial charge in [0.15, 0.2) is 0 Å². The molecule has 0 aromatic heterocycles. The average Bonchev–Trinajstić information content (AvgIpc) is 2.53. The molecule has 0 aromatic rings. The number of hydrogen-bond donors (Lipinski definition) is 1. The molecule has 0 heterocycles. The minimum atomic E-state index is -0.240. The van der Waals surface area contributed by atoms with Gasteiger partial charge in [-0.25, -0.2) is 0 Å². The summed E-state index contributed by atoms with van der Waals surface area (Å²) in [7, 11) is 0. The molecule has 2 atom stereocenters. The first kappa shape index (κ1) is 23.0. The first-order chi connectivity index (χ1) is 11.2. The van der Waals surface area contributed by atoms with Crippen LogP contribution < -0.4 is 0 Å². The first-order valence-electron chi connectivity index (χ1n) is 10.7. The van der Waals surface area contributed by atoms with Crippen LogP contribution in [0.1, 0.15) is 124 Å². The van der Waals surface area contributed by atoms with E-state index >= 15 is 0 Å². The zero-order chi connectivity index (χ0) is 17.2. The van der Waals surface area contributed by atoms with Crippen molar-refractivity contribution in [2.45, 2.75) is 130 Å². The van der Waals surface area contributed by atoms with Crippen LogP contribution in [0.5, 0.6) is 0 Å². The minimum absolute atomic E-state index is 0.240. The molecule has 1 heteroatoms. The number of aliphatic hydroxyl groups is 1. The maximum absolute atomic E-state index is 9.50. The molecule has 0 saturated heterocycles. The van der Waals surface area contributed by atoms with Gasteiger partial charge in [0.1, 0.15) is 0 Å². The Morgan fingerprint density at radius 2 is 1.04 bits per heavy atom. The number of hydrogen-bond acceptors (Lipinski definition) is 1. The molecule has 0 aliphatic heterocycles. The first-order valence-corrected chi connectivity index (χ1v) is 10.7. The average molecular weight is 326 g/mol. The van der Waals surface area contributed by atoms with Gasteiger partial charge >= 0.3 is 0 Å². The molecule has 0 aromatic carbocycles. The Morgan fingerprint density at radius 1 is 0.652 bits per heavy atom. The fraction of sp³-hybridized carbons (Fsp3) is 0.955. The highest BCUT2D eigenvalue weighted by molar-refractivity contribution is 4.76. The van der Waals surface area contributed by atoms with Gasteiger partial charge in [0.25, 0.3) is 0 Å². The van der Waals surface area contributed by atoms with Gasteiger partial charge in [0.05, 0.1) is 6.10 Å². The maximum Gasteiger partial charge on any atom is 0.0543 e. The summed E-state index contributed by atoms with van der Waals surface area (Å²) in [6.45, 7) is 6.45. The van der Waals surface area contributed by atoms with Crippen LogP contribution in [0, 0.1) is 12.3 Å². The van der Waals surface area contributed by atoms with E-state index in [2.05, 4.69) is 20.3 Å². The lowest BCUT2D eigenvalue weighted by atomic mass is 9.89. The van der Waals surface area contributed by atoms with Gasteiger partial charge in [0, 0.05) is 0 Å². The van der Waals surface area contributed by atoms with Crippen molar-refractivity contribution < 1.29 is 5.11 Å². The van der Waals surface area contributed by atoms with Crippen LogP contribution in [0.4, 0.5) is 0 Å². The second-order valence-corrected chi connectivity index (χ2v) is 7.54. The second-order valence-electron chi connectivity index (χ2n) is 7.54. The van der Waals surface area contributed by atoms with E-state index < -0.39 is 0 Å². The fourth-order valence-corrected chi connectivity index (χ4v) is 3.37. The van der Waals surface area contributed by atoms with Crippen molar-refractivity contribution in [3.63, 3.8) is 0 Å². The molecule has 23 heavy (non-hydrogen) atoms. The summed E-state index contributed by atoms with van der Waals surface area (Å²) in [5.41, 5.74) is 0. The molecule has 0 amide bonds. The summed E-state index contributed by atoms with van der Waals surface area (Å²) in [4.78, 5) is 0. The molecule has 0 aliphatic carbocycles. The monoisotopic (exact) mass is 325 g/mol. The SMILES string of the molecule is CCCCCCCCCCC(C[CH]C(C)O)CCCCCCC. The molecule has 0 saturated carbocycles. The van der Waals surface area contributed by atoms with E-state index in [4.69, 9.17) is 0 Å². The van der Waals surface area contributed by atoms with Crippen molar-refractivity contribution in [3.05, 3.63) is 6.42 Å². The lowest BCUT2D eigenvalue weighted by Crippen LogP contribution is -2.08. The predicted octanol–water partition coefficient (Wildman–Crippen LogP) is 7.47. The Balaban J connectivity index is 3.66. The summed E-state index contributed by atoms with van der Waals surface area (Å²) in [5.74, 6) is 0.811. The van der Waals surface area contributed by atoms with E-state index in [0.29, 0.717) is 0 Å². The molecule has 0 bridgehead atoms. The number of rotatable bonds is 18. The van der Waals surface area contributed by atoms with Crippen LogP contribution >= 0.6 is 0 Å². The Morgan fingerprint density at radius 3 is 1.43 bits per heavy atom. The number of unbranched alkanes of at least 4 members (excludes halogenated alkanes) is 11. The fourth-order valence-electron chi connectivity index (χ4n) is 3.37. The molecular formula is C22H45O. The van der Waals surface area contributed by atoms with Crippen LogP contribution in [-0.4, -0.2) is 11.2 Å². The lowest BCUT2D eigenvalue weighted by molar-refractivity contribution is 0.215. The van der Waals surface area contributed by atoms with Gasteiger partial charge in [-0.1, -0.05) is 110 Å². The van der Waals surface area contributed by atoms with Gasteiger partial charge < -0.3 is 5.11 Å². The molecule has 0 spiro atoms. The largest absolute Gasteiger partial charge is 0.393 e. The van der Waals surface area contributed by atoms with Crippen LogP contribution in [-0.2, 0) is 0 Å². The van der Waals surface area contributed by atoms with Crippen molar-refractivity contribution >= 4 is 0 Å². The third-order valence-electron chi connectivity index (χ3n) is 4.99. The number of aliphatic hydroxyl groups excluding tert-OH is 1. The van der Waals surface area contributed by atoms with E-state index in [9.17, 15) is 5.11 Å². The summed E-state index contributed by atoms with van der Waals surface area (Å²) in [5, 5.41) is 9.50. The zero-order valence-corrected chi connectivity index (χ0v) is 16.5. The van der Waals surface area contributed by atoms with Crippen LogP contribution in [0.25, 0.3) is 0 Å². The highest BCUT2D eigenvalue weighted by Gasteiger charge is 2.10. The van der Waals surface area contributed by atoms with Gasteiger partial charge in [0.2, 0.25) is 0 Å². The zero-order valence-electron chi connectivity index (χ0n) is 16.5. The van der Waals surface area contributed by atoms with Gasteiger partial charge in [-0.05, 0) is 25.7 Å².